The lowest BCUT2D eigenvalue weighted by Gasteiger charge is -2.14. The molecule has 0 aliphatic carbocycles. The summed E-state index contributed by atoms with van der Waals surface area (Å²) in [4.78, 5) is 15.6. The van der Waals surface area contributed by atoms with Crippen LogP contribution in [-0.4, -0.2) is 11.3 Å². The van der Waals surface area contributed by atoms with Crippen LogP contribution in [0.3, 0.4) is 0 Å². The van der Waals surface area contributed by atoms with Crippen LogP contribution in [0.1, 0.15) is 41.8 Å². The third-order valence-corrected chi connectivity index (χ3v) is 3.95. The van der Waals surface area contributed by atoms with Gasteiger partial charge in [-0.25, -0.2) is 4.98 Å². The van der Waals surface area contributed by atoms with Crippen molar-refractivity contribution in [3.05, 3.63) is 44.9 Å². The van der Waals surface area contributed by atoms with Gasteiger partial charge in [-0.15, -0.1) is 11.3 Å². The fourth-order valence-electron chi connectivity index (χ4n) is 1.62. The molecule has 1 aromatic carbocycles. The van der Waals surface area contributed by atoms with Gasteiger partial charge in [-0.1, -0.05) is 38.4 Å². The van der Waals surface area contributed by atoms with Gasteiger partial charge in [0.2, 0.25) is 0 Å². The van der Waals surface area contributed by atoms with Crippen LogP contribution >= 0.6 is 22.9 Å². The number of rotatable bonds is 4. The van der Waals surface area contributed by atoms with E-state index >= 15 is 0 Å². The van der Waals surface area contributed by atoms with Gasteiger partial charge in [0.05, 0.1) is 16.3 Å². The van der Waals surface area contributed by atoms with E-state index in [0.717, 1.165) is 10.7 Å². The van der Waals surface area contributed by atoms with Gasteiger partial charge in [-0.3, -0.25) is 4.79 Å². The molecule has 20 heavy (non-hydrogen) atoms. The number of benzene rings is 1. The molecule has 0 saturated heterocycles. The highest BCUT2D eigenvalue weighted by atomic mass is 35.5. The third-order valence-electron chi connectivity index (χ3n) is 2.80. The summed E-state index contributed by atoms with van der Waals surface area (Å²) >= 11 is 7.51. The van der Waals surface area contributed by atoms with Crippen LogP contribution < -0.4 is 4.74 Å². The van der Waals surface area contributed by atoms with Crippen molar-refractivity contribution in [3.63, 3.8) is 0 Å². The van der Waals surface area contributed by atoms with E-state index in [2.05, 4.69) is 25.8 Å². The molecule has 0 radical (unpaired) electrons. The lowest BCUT2D eigenvalue weighted by molar-refractivity contribution is 0.111. The van der Waals surface area contributed by atoms with Crippen LogP contribution in [0.4, 0.5) is 0 Å². The summed E-state index contributed by atoms with van der Waals surface area (Å²) in [5.74, 6) is 0.486. The molecule has 106 valence electrons. The summed E-state index contributed by atoms with van der Waals surface area (Å²) in [5, 5.41) is 3.32. The first-order chi connectivity index (χ1) is 9.41. The monoisotopic (exact) mass is 309 g/mol. The standard InChI is InChI=1S/C15H16ClNO2S/c1-15(2,3)13-9-20-14(17-13)8-19-12-6-4-5-11(16)10(12)7-18/h4-7,9H,8H2,1-3H3. The average molecular weight is 310 g/mol. The Balaban J connectivity index is 2.11. The summed E-state index contributed by atoms with van der Waals surface area (Å²) in [6.45, 7) is 6.69. The number of carbonyl (C=O) groups excluding carboxylic acids is 1. The van der Waals surface area contributed by atoms with Crippen LogP contribution in [0.15, 0.2) is 23.6 Å². The number of nitrogens with zero attached hydrogens (tertiary/aromatic N) is 1. The first kappa shape index (κ1) is 15.0. The van der Waals surface area contributed by atoms with Crippen LogP contribution in [0, 0.1) is 0 Å². The second kappa shape index (κ2) is 5.94. The van der Waals surface area contributed by atoms with Gasteiger partial charge in [-0.05, 0) is 12.1 Å². The van der Waals surface area contributed by atoms with Gasteiger partial charge in [0.15, 0.2) is 6.29 Å². The Bertz CT molecular complexity index is 617. The van der Waals surface area contributed by atoms with Crippen molar-refractivity contribution in [2.45, 2.75) is 32.8 Å². The van der Waals surface area contributed by atoms with Crippen LogP contribution in [0.2, 0.25) is 5.02 Å². The minimum atomic E-state index is 0.0265. The molecule has 0 bridgehead atoms. The molecule has 5 heteroatoms. The highest BCUT2D eigenvalue weighted by Crippen LogP contribution is 2.27. The molecule has 2 rings (SSSR count). The Morgan fingerprint density at radius 3 is 2.75 bits per heavy atom. The van der Waals surface area contributed by atoms with Crippen molar-refractivity contribution in [2.24, 2.45) is 0 Å². The Labute approximate surface area is 127 Å². The van der Waals surface area contributed by atoms with E-state index in [1.54, 1.807) is 29.5 Å². The van der Waals surface area contributed by atoms with E-state index in [0.29, 0.717) is 29.2 Å². The number of ether oxygens (including phenoxy) is 1. The van der Waals surface area contributed by atoms with Crippen molar-refractivity contribution < 1.29 is 9.53 Å². The molecule has 0 atom stereocenters. The maximum Gasteiger partial charge on any atom is 0.155 e. The minimum Gasteiger partial charge on any atom is -0.486 e. The van der Waals surface area contributed by atoms with E-state index < -0.39 is 0 Å². The van der Waals surface area contributed by atoms with Gasteiger partial charge in [0.1, 0.15) is 17.4 Å². The molecule has 1 aromatic heterocycles. The number of aldehydes is 1. The molecule has 0 saturated carbocycles. The van der Waals surface area contributed by atoms with Gasteiger partial charge < -0.3 is 4.74 Å². The number of carbonyl (C=O) groups is 1. The second-order valence-corrected chi connectivity index (χ2v) is 6.78. The van der Waals surface area contributed by atoms with E-state index in [4.69, 9.17) is 16.3 Å². The zero-order valence-corrected chi connectivity index (χ0v) is 13.2. The Kier molecular flexibility index (Phi) is 4.45. The van der Waals surface area contributed by atoms with E-state index in [1.165, 1.54) is 0 Å². The number of thiazole rings is 1. The first-order valence-electron chi connectivity index (χ1n) is 6.23. The predicted molar refractivity (Wildman–Crippen MR) is 82.0 cm³/mol. The summed E-state index contributed by atoms with van der Waals surface area (Å²) < 4.78 is 5.65. The largest absolute Gasteiger partial charge is 0.486 e. The van der Waals surface area contributed by atoms with Crippen molar-refractivity contribution in [3.8, 4) is 5.75 Å². The number of hydrogen-bond acceptors (Lipinski definition) is 4. The highest BCUT2D eigenvalue weighted by molar-refractivity contribution is 7.09. The molecule has 3 nitrogen and oxygen atoms in total. The van der Waals surface area contributed by atoms with Crippen molar-refractivity contribution in [2.75, 3.05) is 0 Å². The summed E-state index contributed by atoms with van der Waals surface area (Å²) in [6.07, 6.45) is 0.708. The van der Waals surface area contributed by atoms with Crippen LogP contribution in [0.5, 0.6) is 5.75 Å². The van der Waals surface area contributed by atoms with Crippen molar-refractivity contribution >= 4 is 29.2 Å². The summed E-state index contributed by atoms with van der Waals surface area (Å²) in [6, 6.07) is 5.15. The molecule has 0 unspecified atom stereocenters. The van der Waals surface area contributed by atoms with Crippen molar-refractivity contribution in [1.82, 2.24) is 4.98 Å². The molecule has 0 aliphatic rings. The van der Waals surface area contributed by atoms with E-state index in [1.807, 2.05) is 5.38 Å². The molecule has 1 heterocycles. The summed E-state index contributed by atoms with van der Waals surface area (Å²) in [7, 11) is 0. The fourth-order valence-corrected chi connectivity index (χ4v) is 2.76. The molecular formula is C15H16ClNO2S. The summed E-state index contributed by atoms with van der Waals surface area (Å²) in [5.41, 5.74) is 1.45. The zero-order chi connectivity index (χ0) is 14.8. The topological polar surface area (TPSA) is 39.2 Å². The van der Waals surface area contributed by atoms with E-state index in [-0.39, 0.29) is 5.41 Å². The second-order valence-electron chi connectivity index (χ2n) is 5.43. The Hall–Kier alpha value is -1.39. The minimum absolute atomic E-state index is 0.0265. The predicted octanol–water partition coefficient (Wildman–Crippen LogP) is 4.49. The fraction of sp³-hybridized carbons (Fsp3) is 0.333. The molecule has 0 spiro atoms. The molecule has 0 amide bonds. The molecular weight excluding hydrogens is 294 g/mol. The number of hydrogen-bond donors (Lipinski definition) is 0. The number of halogens is 1. The van der Waals surface area contributed by atoms with Crippen molar-refractivity contribution in [1.29, 1.82) is 0 Å². The first-order valence-corrected chi connectivity index (χ1v) is 7.49. The quantitative estimate of drug-likeness (QED) is 0.781. The highest BCUT2D eigenvalue weighted by Gasteiger charge is 2.17. The SMILES string of the molecule is CC(C)(C)c1csc(COc2cccc(Cl)c2C=O)n1. The lowest BCUT2D eigenvalue weighted by atomic mass is 9.93. The average Bonchev–Trinajstić information content (AvgIpc) is 2.85. The third kappa shape index (κ3) is 3.38. The Morgan fingerprint density at radius 1 is 1.40 bits per heavy atom. The van der Waals surface area contributed by atoms with Gasteiger partial charge in [-0.2, -0.15) is 0 Å². The van der Waals surface area contributed by atoms with Gasteiger partial charge >= 0.3 is 0 Å². The molecule has 2 aromatic rings. The lowest BCUT2D eigenvalue weighted by Crippen LogP contribution is -2.11. The Morgan fingerprint density at radius 2 is 2.15 bits per heavy atom. The van der Waals surface area contributed by atoms with Gasteiger partial charge in [0.25, 0.3) is 0 Å². The molecule has 0 fully saturated rings. The normalized spacial score (nSPS) is 11.4. The maximum atomic E-state index is 11.0. The van der Waals surface area contributed by atoms with Gasteiger partial charge in [0, 0.05) is 10.8 Å². The molecule has 0 aliphatic heterocycles. The van der Waals surface area contributed by atoms with E-state index in [9.17, 15) is 4.79 Å². The maximum absolute atomic E-state index is 11.0. The smallest absolute Gasteiger partial charge is 0.155 e. The number of aromatic nitrogens is 1. The van der Waals surface area contributed by atoms with Crippen LogP contribution in [-0.2, 0) is 12.0 Å². The zero-order valence-electron chi connectivity index (χ0n) is 11.6. The molecule has 0 N–H and O–H groups in total. The van der Waals surface area contributed by atoms with Crippen LogP contribution in [0.25, 0.3) is 0 Å².